The molecular formula is C32H39F6N3O6. The minimum atomic E-state index is -5.08. The van der Waals surface area contributed by atoms with Gasteiger partial charge in [-0.2, -0.15) is 26.3 Å². The van der Waals surface area contributed by atoms with E-state index in [9.17, 15) is 35.9 Å². The van der Waals surface area contributed by atoms with Crippen LogP contribution in [-0.4, -0.2) is 75.7 Å². The number of fused-ring (bicyclic) bond motifs is 3. The number of piperidine rings is 3. The molecule has 0 saturated carbocycles. The van der Waals surface area contributed by atoms with Crippen LogP contribution >= 0.6 is 0 Å². The Morgan fingerprint density at radius 2 is 1.38 bits per heavy atom. The first kappa shape index (κ1) is 39.2. The molecule has 5 rings (SSSR count). The lowest BCUT2D eigenvalue weighted by atomic mass is 9.71. The van der Waals surface area contributed by atoms with Gasteiger partial charge in [0.2, 0.25) is 5.91 Å². The zero-order valence-corrected chi connectivity index (χ0v) is 25.9. The highest BCUT2D eigenvalue weighted by atomic mass is 19.4. The van der Waals surface area contributed by atoms with Crippen molar-refractivity contribution in [2.45, 2.75) is 83.1 Å². The summed E-state index contributed by atoms with van der Waals surface area (Å²) < 4.78 is 63.5. The lowest BCUT2D eigenvalue weighted by Gasteiger charge is -2.47. The Bertz CT molecular complexity index is 1290. The standard InChI is InChI=1S/C28H37N3O2.2C2HF3O2/c1-2-24(32)11-7-4-8-12-25(30-27(33)28-14-18-31(19-15-28)20-16-28)26-21-23(13-17-29-26)22-9-5-3-6-10-22;2*3-2(4,5)1(6)7/h3,5-6,9-10,13,17,21,25H,2,4,7-8,11-12,14-16,18-20H2,1H3,(H,30,33);2*(H,6,7)/t25-;;/m0../s1. The largest absolute Gasteiger partial charge is 0.490 e. The molecule has 4 heterocycles. The van der Waals surface area contributed by atoms with Gasteiger partial charge >= 0.3 is 24.3 Å². The number of aliphatic carboxylic acids is 2. The van der Waals surface area contributed by atoms with Crippen LogP contribution in [0.2, 0.25) is 0 Å². The predicted octanol–water partition coefficient (Wildman–Crippen LogP) is 6.59. The van der Waals surface area contributed by atoms with Crippen molar-refractivity contribution >= 4 is 23.6 Å². The summed E-state index contributed by atoms with van der Waals surface area (Å²) in [5, 5.41) is 17.7. The minimum Gasteiger partial charge on any atom is -0.475 e. The fraction of sp³-hybridized carbons (Fsp3) is 0.531. The van der Waals surface area contributed by atoms with Crippen LogP contribution in [0.25, 0.3) is 11.1 Å². The number of pyridine rings is 1. The molecule has 3 fully saturated rings. The molecule has 0 unspecified atom stereocenters. The van der Waals surface area contributed by atoms with E-state index in [-0.39, 0.29) is 17.4 Å². The molecule has 0 spiro atoms. The SMILES string of the molecule is CCC(=O)CCCCC[C@H](NC(=O)C12CCN(CC1)CC2)c1cc(-c2ccccc2)ccn1.O=C(O)C(F)(F)F.O=C(O)C(F)(F)F. The summed E-state index contributed by atoms with van der Waals surface area (Å²) in [4.78, 5) is 50.1. The third-order valence-electron chi connectivity index (χ3n) is 8.08. The van der Waals surface area contributed by atoms with E-state index in [0.717, 1.165) is 81.4 Å². The van der Waals surface area contributed by atoms with Gasteiger partial charge in [-0.1, -0.05) is 50.1 Å². The molecule has 3 N–H and O–H groups in total. The maximum atomic E-state index is 13.5. The van der Waals surface area contributed by atoms with Gasteiger partial charge in [0.1, 0.15) is 5.78 Å². The third-order valence-corrected chi connectivity index (χ3v) is 8.08. The van der Waals surface area contributed by atoms with E-state index >= 15 is 0 Å². The molecular weight excluding hydrogens is 636 g/mol. The zero-order valence-electron chi connectivity index (χ0n) is 25.9. The van der Waals surface area contributed by atoms with Gasteiger partial charge in [0.15, 0.2) is 0 Å². The van der Waals surface area contributed by atoms with Crippen LogP contribution in [0.3, 0.4) is 0 Å². The number of carboxylic acids is 2. The van der Waals surface area contributed by atoms with Crippen LogP contribution in [0, 0.1) is 5.41 Å². The number of halogens is 6. The molecule has 2 bridgehead atoms. The number of amides is 1. The summed E-state index contributed by atoms with van der Waals surface area (Å²) in [7, 11) is 0. The number of nitrogens with zero attached hydrogens (tertiary/aromatic N) is 2. The molecule has 15 heteroatoms. The van der Waals surface area contributed by atoms with Gasteiger partial charge in [0.25, 0.3) is 0 Å². The second-order valence-corrected chi connectivity index (χ2v) is 11.3. The monoisotopic (exact) mass is 675 g/mol. The molecule has 1 amide bonds. The van der Waals surface area contributed by atoms with Crippen LogP contribution in [0.5, 0.6) is 0 Å². The second kappa shape index (κ2) is 17.8. The Morgan fingerprint density at radius 1 is 0.851 bits per heavy atom. The van der Waals surface area contributed by atoms with Crippen molar-refractivity contribution in [1.82, 2.24) is 15.2 Å². The molecule has 260 valence electrons. The molecule has 3 saturated heterocycles. The number of carbonyl (C=O) groups is 4. The topological polar surface area (TPSA) is 137 Å². The van der Waals surface area contributed by atoms with E-state index in [2.05, 4.69) is 33.4 Å². The maximum absolute atomic E-state index is 13.5. The van der Waals surface area contributed by atoms with E-state index in [4.69, 9.17) is 19.8 Å². The Labute approximate surface area is 268 Å². The molecule has 2 aromatic rings. The summed E-state index contributed by atoms with van der Waals surface area (Å²) in [5.74, 6) is -4.97. The van der Waals surface area contributed by atoms with E-state index in [0.29, 0.717) is 18.6 Å². The molecule has 1 atom stereocenters. The van der Waals surface area contributed by atoms with Crippen LogP contribution in [-0.2, 0) is 19.2 Å². The number of hydrogen-bond acceptors (Lipinski definition) is 6. The average molecular weight is 676 g/mol. The Hall–Kier alpha value is -4.01. The number of benzene rings is 1. The zero-order chi connectivity index (χ0) is 35.3. The molecule has 3 aliphatic heterocycles. The summed E-state index contributed by atoms with van der Waals surface area (Å²) in [6.07, 6.45) is -0.412. The van der Waals surface area contributed by atoms with Gasteiger partial charge < -0.3 is 20.4 Å². The molecule has 3 aliphatic rings. The van der Waals surface area contributed by atoms with E-state index in [1.807, 2.05) is 37.4 Å². The maximum Gasteiger partial charge on any atom is 0.490 e. The third kappa shape index (κ3) is 13.0. The number of hydrogen-bond donors (Lipinski definition) is 3. The number of ketones is 1. The van der Waals surface area contributed by atoms with Gasteiger partial charge in [-0.25, -0.2) is 9.59 Å². The van der Waals surface area contributed by atoms with Crippen molar-refractivity contribution in [3.05, 3.63) is 54.4 Å². The lowest BCUT2D eigenvalue weighted by Crippen LogP contribution is -2.55. The van der Waals surface area contributed by atoms with Crippen molar-refractivity contribution in [1.29, 1.82) is 0 Å². The predicted molar refractivity (Wildman–Crippen MR) is 159 cm³/mol. The van der Waals surface area contributed by atoms with Crippen LogP contribution in [0.15, 0.2) is 48.7 Å². The highest BCUT2D eigenvalue weighted by Gasteiger charge is 2.45. The van der Waals surface area contributed by atoms with Gasteiger partial charge in [-0.05, 0) is 75.0 Å². The van der Waals surface area contributed by atoms with Gasteiger partial charge in [0, 0.05) is 19.0 Å². The van der Waals surface area contributed by atoms with E-state index < -0.39 is 24.3 Å². The van der Waals surface area contributed by atoms with E-state index in [1.54, 1.807) is 0 Å². The molecule has 1 aromatic heterocycles. The highest BCUT2D eigenvalue weighted by Crippen LogP contribution is 2.41. The van der Waals surface area contributed by atoms with Crippen molar-refractivity contribution in [2.75, 3.05) is 19.6 Å². The molecule has 0 aliphatic carbocycles. The number of rotatable bonds is 11. The Balaban J connectivity index is 0.000000459. The number of carbonyl (C=O) groups excluding carboxylic acids is 2. The molecule has 0 radical (unpaired) electrons. The second-order valence-electron chi connectivity index (χ2n) is 11.3. The lowest BCUT2D eigenvalue weighted by molar-refractivity contribution is -0.193. The molecule has 9 nitrogen and oxygen atoms in total. The Kier molecular flexibility index (Phi) is 14.8. The van der Waals surface area contributed by atoms with Crippen LogP contribution in [0.1, 0.15) is 76.4 Å². The van der Waals surface area contributed by atoms with Gasteiger partial charge in [0.05, 0.1) is 17.2 Å². The minimum absolute atomic E-state index is 0.0997. The summed E-state index contributed by atoms with van der Waals surface area (Å²) >= 11 is 0. The van der Waals surface area contributed by atoms with Crippen molar-refractivity contribution < 1.29 is 55.7 Å². The van der Waals surface area contributed by atoms with Crippen molar-refractivity contribution in [2.24, 2.45) is 5.41 Å². The van der Waals surface area contributed by atoms with Gasteiger partial charge in [-0.15, -0.1) is 0 Å². The van der Waals surface area contributed by atoms with Gasteiger partial charge in [-0.3, -0.25) is 14.6 Å². The number of nitrogens with one attached hydrogen (secondary N) is 1. The van der Waals surface area contributed by atoms with Crippen LogP contribution < -0.4 is 5.32 Å². The fourth-order valence-electron chi connectivity index (χ4n) is 5.25. The number of Topliss-reactive ketones (excluding diaryl/α,β-unsaturated/α-hetero) is 1. The van der Waals surface area contributed by atoms with E-state index in [1.165, 1.54) is 0 Å². The van der Waals surface area contributed by atoms with Crippen molar-refractivity contribution in [3.8, 4) is 11.1 Å². The van der Waals surface area contributed by atoms with Crippen LogP contribution in [0.4, 0.5) is 26.3 Å². The first-order chi connectivity index (χ1) is 22.0. The summed E-state index contributed by atoms with van der Waals surface area (Å²) in [5.41, 5.74) is 3.00. The Morgan fingerprint density at radius 3 is 1.87 bits per heavy atom. The average Bonchev–Trinajstić information content (AvgIpc) is 3.05. The first-order valence-corrected chi connectivity index (χ1v) is 15.1. The quantitative estimate of drug-likeness (QED) is 0.179. The first-order valence-electron chi connectivity index (χ1n) is 15.1. The van der Waals surface area contributed by atoms with Crippen molar-refractivity contribution in [3.63, 3.8) is 0 Å². The number of aromatic nitrogens is 1. The summed E-state index contributed by atoms with van der Waals surface area (Å²) in [6.45, 7) is 5.02. The molecule has 1 aromatic carbocycles. The number of alkyl halides is 6. The smallest absolute Gasteiger partial charge is 0.475 e. The highest BCUT2D eigenvalue weighted by molar-refractivity contribution is 5.83. The normalized spacial score (nSPS) is 19.3. The molecule has 47 heavy (non-hydrogen) atoms. The number of unbranched alkanes of at least 4 members (excludes halogenated alkanes) is 2. The fourth-order valence-corrected chi connectivity index (χ4v) is 5.25. The number of carboxylic acid groups (broad SMARTS) is 2. The summed E-state index contributed by atoms with van der Waals surface area (Å²) in [6, 6.07) is 14.4.